The lowest BCUT2D eigenvalue weighted by atomic mass is 9.88. The summed E-state index contributed by atoms with van der Waals surface area (Å²) >= 11 is 8.00. The number of halogens is 1. The van der Waals surface area contributed by atoms with E-state index in [-0.39, 0.29) is 10.6 Å². The first-order valence-corrected chi connectivity index (χ1v) is 10.5. The number of piperidine rings is 1. The van der Waals surface area contributed by atoms with E-state index in [1.807, 2.05) is 19.1 Å². The topological polar surface area (TPSA) is 63.5 Å². The fourth-order valence-electron chi connectivity index (χ4n) is 4.14. The maximum atomic E-state index is 12.1. The second-order valence-corrected chi connectivity index (χ2v) is 8.55. The van der Waals surface area contributed by atoms with Crippen LogP contribution in [0, 0.1) is 0 Å². The van der Waals surface area contributed by atoms with E-state index in [9.17, 15) is 4.79 Å². The molecule has 2 aromatic heterocycles. The number of para-hydroxylation sites is 1. The van der Waals surface area contributed by atoms with Gasteiger partial charge in [0.2, 0.25) is 0 Å². The van der Waals surface area contributed by atoms with Crippen LogP contribution in [0.5, 0.6) is 5.75 Å². The van der Waals surface area contributed by atoms with Crippen molar-refractivity contribution in [3.05, 3.63) is 39.8 Å². The Hall–Kier alpha value is -2.32. The van der Waals surface area contributed by atoms with Crippen LogP contribution in [0.2, 0.25) is 5.02 Å². The van der Waals surface area contributed by atoms with E-state index in [2.05, 4.69) is 21.0 Å². The lowest BCUT2D eigenvalue weighted by Gasteiger charge is -2.56. The molecule has 2 unspecified atom stereocenters. The molecule has 5 heterocycles. The van der Waals surface area contributed by atoms with Crippen LogP contribution >= 0.6 is 22.9 Å². The summed E-state index contributed by atoms with van der Waals surface area (Å²) in [5, 5.41) is 5.41. The molecule has 0 aliphatic carbocycles. The second-order valence-electron chi connectivity index (χ2n) is 7.16. The molecular formula is C19H20ClN5O2S. The van der Waals surface area contributed by atoms with Crippen molar-refractivity contribution in [2.24, 2.45) is 7.05 Å². The first-order valence-electron chi connectivity index (χ1n) is 9.34. The highest BCUT2D eigenvalue weighted by Crippen LogP contribution is 2.43. The van der Waals surface area contributed by atoms with E-state index in [0.29, 0.717) is 18.7 Å². The first kappa shape index (κ1) is 17.8. The van der Waals surface area contributed by atoms with Crippen molar-refractivity contribution in [1.82, 2.24) is 14.8 Å². The van der Waals surface area contributed by atoms with Crippen LogP contribution < -0.4 is 20.1 Å². The molecule has 6 rings (SSSR count). The average molecular weight is 418 g/mol. The third-order valence-corrected chi connectivity index (χ3v) is 6.87. The normalized spacial score (nSPS) is 21.1. The molecule has 3 saturated heterocycles. The number of anilines is 2. The van der Waals surface area contributed by atoms with Crippen molar-refractivity contribution < 1.29 is 4.74 Å². The molecule has 1 aromatic carbocycles. The number of fused-ring (bicyclic) bond motifs is 3. The Morgan fingerprint density at radius 3 is 2.86 bits per heavy atom. The van der Waals surface area contributed by atoms with Crippen molar-refractivity contribution in [2.75, 3.05) is 29.5 Å². The number of ether oxygens (including phenoxy) is 1. The Kier molecular flexibility index (Phi) is 4.21. The zero-order chi connectivity index (χ0) is 19.4. The molecule has 0 N–H and O–H groups in total. The third kappa shape index (κ3) is 2.66. The van der Waals surface area contributed by atoms with Crippen LogP contribution in [0.15, 0.2) is 29.2 Å². The number of thiazole rings is 1. The summed E-state index contributed by atoms with van der Waals surface area (Å²) < 4.78 is 8.14. The average Bonchev–Trinajstić information content (AvgIpc) is 3.10. The van der Waals surface area contributed by atoms with Gasteiger partial charge in [0.05, 0.1) is 35.3 Å². The predicted octanol–water partition coefficient (Wildman–Crippen LogP) is 2.91. The summed E-state index contributed by atoms with van der Waals surface area (Å²) in [6, 6.07) is 6.79. The fourth-order valence-corrected chi connectivity index (χ4v) is 5.55. The number of piperazine rings is 1. The number of nitrogens with zero attached hydrogens (tertiary/aromatic N) is 5. The van der Waals surface area contributed by atoms with Crippen LogP contribution in [0.4, 0.5) is 10.8 Å². The number of benzene rings is 1. The molecular weight excluding hydrogens is 398 g/mol. The van der Waals surface area contributed by atoms with Gasteiger partial charge in [-0.05, 0) is 25.5 Å². The summed E-state index contributed by atoms with van der Waals surface area (Å²) in [6.07, 6.45) is 2.81. The molecule has 28 heavy (non-hydrogen) atoms. The summed E-state index contributed by atoms with van der Waals surface area (Å²) in [7, 11) is 1.61. The van der Waals surface area contributed by atoms with Crippen LogP contribution in [0.3, 0.4) is 0 Å². The molecule has 0 saturated carbocycles. The molecule has 0 amide bonds. The van der Waals surface area contributed by atoms with Gasteiger partial charge in [-0.2, -0.15) is 5.10 Å². The summed E-state index contributed by atoms with van der Waals surface area (Å²) in [5.74, 6) is 0.841. The largest absolute Gasteiger partial charge is 0.492 e. The fraction of sp³-hybridized carbons (Fsp3) is 0.421. The highest BCUT2D eigenvalue weighted by Gasteiger charge is 2.46. The van der Waals surface area contributed by atoms with E-state index in [1.54, 1.807) is 24.6 Å². The minimum atomic E-state index is -0.259. The van der Waals surface area contributed by atoms with Crippen molar-refractivity contribution in [2.45, 2.75) is 25.4 Å². The van der Waals surface area contributed by atoms with Gasteiger partial charge in [0.15, 0.2) is 5.13 Å². The Morgan fingerprint density at radius 2 is 2.11 bits per heavy atom. The van der Waals surface area contributed by atoms with Crippen LogP contribution in [-0.2, 0) is 7.05 Å². The van der Waals surface area contributed by atoms with E-state index >= 15 is 0 Å². The van der Waals surface area contributed by atoms with Crippen LogP contribution in [-0.4, -0.2) is 46.5 Å². The highest BCUT2D eigenvalue weighted by atomic mass is 35.5. The van der Waals surface area contributed by atoms with Gasteiger partial charge in [-0.15, -0.1) is 0 Å². The van der Waals surface area contributed by atoms with Crippen molar-refractivity contribution in [3.63, 3.8) is 0 Å². The second kappa shape index (κ2) is 6.63. The van der Waals surface area contributed by atoms with Crippen LogP contribution in [0.25, 0.3) is 10.2 Å². The highest BCUT2D eigenvalue weighted by molar-refractivity contribution is 7.22. The number of hydrogen-bond acceptors (Lipinski definition) is 7. The molecule has 3 aliphatic rings. The van der Waals surface area contributed by atoms with Crippen molar-refractivity contribution >= 4 is 44.0 Å². The van der Waals surface area contributed by atoms with E-state index in [1.165, 1.54) is 4.68 Å². The van der Waals surface area contributed by atoms with Gasteiger partial charge in [-0.25, -0.2) is 9.67 Å². The SMILES string of the molecule is CCOc1cccc2sc(N3C4CC3CN(c3cnn(C)c(=O)c3Cl)C4)nc12. The van der Waals surface area contributed by atoms with E-state index < -0.39 is 0 Å². The van der Waals surface area contributed by atoms with E-state index in [4.69, 9.17) is 21.3 Å². The van der Waals surface area contributed by atoms with Gasteiger partial charge in [0.1, 0.15) is 16.3 Å². The summed E-state index contributed by atoms with van der Waals surface area (Å²) in [5.41, 5.74) is 1.40. The lowest BCUT2D eigenvalue weighted by Crippen LogP contribution is -2.69. The van der Waals surface area contributed by atoms with Crippen molar-refractivity contribution in [1.29, 1.82) is 0 Å². The monoisotopic (exact) mass is 417 g/mol. The van der Waals surface area contributed by atoms with Gasteiger partial charge in [-0.1, -0.05) is 29.0 Å². The Balaban J connectivity index is 1.41. The molecule has 0 spiro atoms. The molecule has 2 atom stereocenters. The van der Waals surface area contributed by atoms with Gasteiger partial charge in [0.25, 0.3) is 5.56 Å². The number of aromatic nitrogens is 3. The standard InChI is InChI=1S/C19H20ClN5O2S/c1-3-27-14-5-4-6-15-17(14)22-19(28-15)25-11-7-12(25)10-24(9-11)13-8-21-23(2)18(26)16(13)20/h4-6,8,11-12H,3,7,9-10H2,1-2H3. The Labute approximate surface area is 171 Å². The molecule has 146 valence electrons. The minimum Gasteiger partial charge on any atom is -0.492 e. The minimum absolute atomic E-state index is 0.242. The molecule has 0 radical (unpaired) electrons. The zero-order valence-corrected chi connectivity index (χ0v) is 17.2. The van der Waals surface area contributed by atoms with Gasteiger partial charge >= 0.3 is 0 Å². The third-order valence-electron chi connectivity index (χ3n) is 5.49. The molecule has 7 nitrogen and oxygen atoms in total. The Bertz CT molecular complexity index is 1100. The smallest absolute Gasteiger partial charge is 0.287 e. The summed E-state index contributed by atoms with van der Waals surface area (Å²) in [6.45, 7) is 4.22. The molecule has 2 bridgehead atoms. The van der Waals surface area contributed by atoms with Gasteiger partial charge in [0, 0.05) is 20.1 Å². The number of hydrogen-bond donors (Lipinski definition) is 0. The maximum Gasteiger partial charge on any atom is 0.287 e. The molecule has 3 fully saturated rings. The Morgan fingerprint density at radius 1 is 1.32 bits per heavy atom. The van der Waals surface area contributed by atoms with E-state index in [0.717, 1.165) is 46.3 Å². The molecule has 3 aromatic rings. The molecule has 9 heteroatoms. The van der Waals surface area contributed by atoms with Gasteiger partial charge < -0.3 is 14.5 Å². The first-order chi connectivity index (χ1) is 13.6. The number of rotatable bonds is 4. The molecule has 3 aliphatic heterocycles. The van der Waals surface area contributed by atoms with Crippen LogP contribution in [0.1, 0.15) is 13.3 Å². The number of aryl methyl sites for hydroxylation is 1. The quantitative estimate of drug-likeness (QED) is 0.650. The maximum absolute atomic E-state index is 12.1. The zero-order valence-electron chi connectivity index (χ0n) is 15.6. The van der Waals surface area contributed by atoms with Gasteiger partial charge in [-0.3, -0.25) is 4.79 Å². The lowest BCUT2D eigenvalue weighted by molar-refractivity contribution is 0.291. The van der Waals surface area contributed by atoms with Crippen molar-refractivity contribution in [3.8, 4) is 5.75 Å². The summed E-state index contributed by atoms with van der Waals surface area (Å²) in [4.78, 5) is 21.6. The predicted molar refractivity (Wildman–Crippen MR) is 112 cm³/mol.